The van der Waals surface area contributed by atoms with E-state index in [1.165, 1.54) is 85.2 Å². The minimum atomic E-state index is 1.25. The lowest BCUT2D eigenvalue weighted by molar-refractivity contribution is 1.40. The molecule has 0 spiro atoms. The largest absolute Gasteiger partial charge is 0.135 e. The van der Waals surface area contributed by atoms with Crippen LogP contribution in [0, 0.1) is 0 Å². The summed E-state index contributed by atoms with van der Waals surface area (Å²) in [5, 5.41) is 7.88. The Morgan fingerprint density at radius 3 is 1.95 bits per heavy atom. The van der Waals surface area contributed by atoms with Crippen LogP contribution in [0.25, 0.3) is 75.5 Å². The molecule has 0 N–H and O–H groups in total. The van der Waals surface area contributed by atoms with Gasteiger partial charge in [-0.05, 0) is 90.6 Å². The Morgan fingerprint density at radius 2 is 1.05 bits per heavy atom. The fourth-order valence-corrected chi connectivity index (χ4v) is 8.61. The maximum Gasteiger partial charge on any atom is 0.0349 e. The lowest BCUT2D eigenvalue weighted by Gasteiger charge is -2.20. The Labute approximate surface area is 252 Å². The summed E-state index contributed by atoms with van der Waals surface area (Å²) in [4.78, 5) is 5.27. The van der Waals surface area contributed by atoms with Crippen molar-refractivity contribution in [1.29, 1.82) is 0 Å². The van der Waals surface area contributed by atoms with Gasteiger partial charge in [0.25, 0.3) is 0 Å². The van der Waals surface area contributed by atoms with Gasteiger partial charge in [-0.2, -0.15) is 0 Å². The molecule has 42 heavy (non-hydrogen) atoms. The SMILES string of the molecule is c1cc2c3c(cccc3c1)-c1cc(-c3ccc(-c4ccc(-c5cccc6c5ccc5ccccc56)cc4)s3)ccc1S2. The maximum absolute atomic E-state index is 2.38. The molecule has 0 fully saturated rings. The zero-order valence-corrected chi connectivity index (χ0v) is 24.3. The van der Waals surface area contributed by atoms with Gasteiger partial charge in [0.05, 0.1) is 0 Å². The molecule has 1 aliphatic rings. The number of thiophene rings is 1. The Morgan fingerprint density at radius 1 is 0.357 bits per heavy atom. The molecule has 0 radical (unpaired) electrons. The zero-order valence-electron chi connectivity index (χ0n) is 22.7. The van der Waals surface area contributed by atoms with Crippen molar-refractivity contribution in [2.24, 2.45) is 0 Å². The van der Waals surface area contributed by atoms with Gasteiger partial charge in [-0.25, -0.2) is 0 Å². The molecule has 0 atom stereocenters. The maximum atomic E-state index is 2.38. The van der Waals surface area contributed by atoms with E-state index in [9.17, 15) is 0 Å². The molecule has 7 aromatic carbocycles. The van der Waals surface area contributed by atoms with Gasteiger partial charge in [-0.15, -0.1) is 11.3 Å². The van der Waals surface area contributed by atoms with E-state index in [1.54, 1.807) is 0 Å². The summed E-state index contributed by atoms with van der Waals surface area (Å²) in [5.74, 6) is 0. The Hall–Kier alpha value is -4.63. The Kier molecular flexibility index (Phi) is 5.41. The average Bonchev–Trinajstić information content (AvgIpc) is 3.55. The second kappa shape index (κ2) is 9.46. The second-order valence-corrected chi connectivity index (χ2v) is 13.1. The minimum Gasteiger partial charge on any atom is -0.135 e. The van der Waals surface area contributed by atoms with E-state index in [1.807, 2.05) is 23.1 Å². The monoisotopic (exact) mass is 568 g/mol. The lowest BCUT2D eigenvalue weighted by atomic mass is 9.94. The van der Waals surface area contributed by atoms with E-state index in [0.29, 0.717) is 0 Å². The van der Waals surface area contributed by atoms with Crippen LogP contribution in [-0.4, -0.2) is 0 Å². The number of fused-ring (bicyclic) bond motifs is 5. The van der Waals surface area contributed by atoms with Crippen LogP contribution in [0.3, 0.4) is 0 Å². The molecule has 2 heteroatoms. The molecule has 0 unspecified atom stereocenters. The van der Waals surface area contributed by atoms with E-state index in [4.69, 9.17) is 0 Å². The highest BCUT2D eigenvalue weighted by atomic mass is 32.2. The first kappa shape index (κ1) is 24.0. The summed E-state index contributed by atoms with van der Waals surface area (Å²) >= 11 is 3.75. The first-order valence-electron chi connectivity index (χ1n) is 14.3. The fourth-order valence-electron chi connectivity index (χ4n) is 6.47. The molecule has 0 bridgehead atoms. The zero-order chi connectivity index (χ0) is 27.6. The third-order valence-corrected chi connectivity index (χ3v) is 10.8. The summed E-state index contributed by atoms with van der Waals surface area (Å²) in [6, 6.07) is 53.7. The van der Waals surface area contributed by atoms with E-state index in [-0.39, 0.29) is 0 Å². The van der Waals surface area contributed by atoms with Crippen molar-refractivity contribution >= 4 is 55.4 Å². The second-order valence-electron chi connectivity index (χ2n) is 10.9. The molecular formula is C40H24S2. The van der Waals surface area contributed by atoms with Gasteiger partial charge >= 0.3 is 0 Å². The molecule has 1 aliphatic heterocycles. The van der Waals surface area contributed by atoms with Crippen LogP contribution in [0.1, 0.15) is 0 Å². The highest BCUT2D eigenvalue weighted by molar-refractivity contribution is 7.99. The first-order valence-corrected chi connectivity index (χ1v) is 15.9. The van der Waals surface area contributed by atoms with Crippen LogP contribution in [-0.2, 0) is 0 Å². The highest BCUT2D eigenvalue weighted by Crippen LogP contribution is 2.49. The summed E-state index contributed by atoms with van der Waals surface area (Å²) < 4.78 is 0. The first-order chi connectivity index (χ1) is 20.8. The van der Waals surface area contributed by atoms with Gasteiger partial charge in [-0.1, -0.05) is 127 Å². The van der Waals surface area contributed by atoms with Gasteiger partial charge in [0.15, 0.2) is 0 Å². The Bertz CT molecular complexity index is 2320. The van der Waals surface area contributed by atoms with Gasteiger partial charge < -0.3 is 0 Å². The standard InChI is InChI=1S/C40H24S2/c1-2-9-30-25(6-1)18-20-33-31(10-5-11-32(30)33)26-14-16-27(17-15-26)36-22-23-37(41-36)29-19-21-38-35(24-29)34-12-3-7-28-8-4-13-39(42-38)40(28)34/h1-24H. The molecule has 0 amide bonds. The van der Waals surface area contributed by atoms with Crippen molar-refractivity contribution in [3.63, 3.8) is 0 Å². The van der Waals surface area contributed by atoms with E-state index in [2.05, 4.69) is 146 Å². The fraction of sp³-hybridized carbons (Fsp3) is 0. The van der Waals surface area contributed by atoms with Crippen molar-refractivity contribution in [2.45, 2.75) is 9.79 Å². The molecule has 0 nitrogen and oxygen atoms in total. The lowest BCUT2D eigenvalue weighted by Crippen LogP contribution is -1.93. The third kappa shape index (κ3) is 3.76. The van der Waals surface area contributed by atoms with Gasteiger partial charge in [-0.3, -0.25) is 0 Å². The summed E-state index contributed by atoms with van der Waals surface area (Å²) in [5.41, 5.74) is 7.74. The molecular weight excluding hydrogens is 545 g/mol. The number of rotatable bonds is 3. The van der Waals surface area contributed by atoms with Crippen LogP contribution in [0.4, 0.5) is 0 Å². The predicted molar refractivity (Wildman–Crippen MR) is 183 cm³/mol. The van der Waals surface area contributed by atoms with E-state index < -0.39 is 0 Å². The summed E-state index contributed by atoms with van der Waals surface area (Å²) in [7, 11) is 0. The molecule has 0 saturated carbocycles. The highest BCUT2D eigenvalue weighted by Gasteiger charge is 2.20. The van der Waals surface area contributed by atoms with Crippen LogP contribution < -0.4 is 0 Å². The molecule has 2 heterocycles. The van der Waals surface area contributed by atoms with E-state index in [0.717, 1.165) is 0 Å². The molecule has 0 saturated heterocycles. The van der Waals surface area contributed by atoms with Crippen LogP contribution in [0.2, 0.25) is 0 Å². The van der Waals surface area contributed by atoms with E-state index >= 15 is 0 Å². The quantitative estimate of drug-likeness (QED) is 0.191. The number of hydrogen-bond acceptors (Lipinski definition) is 2. The van der Waals surface area contributed by atoms with Crippen LogP contribution >= 0.6 is 23.1 Å². The molecule has 9 rings (SSSR count). The Balaban J connectivity index is 1.06. The summed E-state index contributed by atoms with van der Waals surface area (Å²) in [6.07, 6.45) is 0. The normalized spacial score (nSPS) is 12.2. The molecule has 196 valence electrons. The number of benzene rings is 7. The van der Waals surface area contributed by atoms with Crippen LogP contribution in [0.5, 0.6) is 0 Å². The number of hydrogen-bond donors (Lipinski definition) is 0. The summed E-state index contributed by atoms with van der Waals surface area (Å²) in [6.45, 7) is 0. The van der Waals surface area contributed by atoms with Crippen LogP contribution in [0.15, 0.2) is 155 Å². The van der Waals surface area contributed by atoms with Crippen molar-refractivity contribution in [2.75, 3.05) is 0 Å². The van der Waals surface area contributed by atoms with Crippen molar-refractivity contribution < 1.29 is 0 Å². The molecule has 1 aromatic heterocycles. The van der Waals surface area contributed by atoms with Gasteiger partial charge in [0, 0.05) is 24.9 Å². The van der Waals surface area contributed by atoms with Crippen molar-refractivity contribution in [3.05, 3.63) is 146 Å². The van der Waals surface area contributed by atoms with Gasteiger partial charge in [0.2, 0.25) is 0 Å². The molecule has 8 aromatic rings. The minimum absolute atomic E-state index is 1.25. The average molecular weight is 569 g/mol. The van der Waals surface area contributed by atoms with Gasteiger partial charge in [0.1, 0.15) is 0 Å². The topological polar surface area (TPSA) is 0 Å². The predicted octanol–water partition coefficient (Wildman–Crippen LogP) is 12.3. The van der Waals surface area contributed by atoms with Crippen molar-refractivity contribution in [1.82, 2.24) is 0 Å². The molecule has 0 aliphatic carbocycles. The third-order valence-electron chi connectivity index (χ3n) is 8.51. The van der Waals surface area contributed by atoms with Crippen molar-refractivity contribution in [3.8, 4) is 43.1 Å². The smallest absolute Gasteiger partial charge is 0.0349 e.